The topological polar surface area (TPSA) is 29.4 Å². The third kappa shape index (κ3) is 5.27. The number of carbonyl (C=O) groups is 1. The Morgan fingerprint density at radius 1 is 1.12 bits per heavy atom. The van der Waals surface area contributed by atoms with Crippen LogP contribution in [0.1, 0.15) is 111 Å². The number of aryl methyl sites for hydroxylation is 1. The van der Waals surface area contributed by atoms with Crippen LogP contribution in [0.15, 0.2) is 60.2 Å². The summed E-state index contributed by atoms with van der Waals surface area (Å²) < 4.78 is 0. The molecule has 2 nitrogen and oxygen atoms in total. The lowest BCUT2D eigenvalue weighted by Crippen LogP contribution is -2.15. The first-order valence-electron chi connectivity index (χ1n) is 12.3. The second kappa shape index (κ2) is 10.0. The smallest absolute Gasteiger partial charge is 0.159 e. The van der Waals surface area contributed by atoms with Gasteiger partial charge in [-0.15, -0.1) is 0 Å². The largest absolute Gasteiger partial charge is 0.295 e. The predicted molar refractivity (Wildman–Crippen MR) is 143 cm³/mol. The fraction of sp³-hybridized carbons (Fsp3) is 0.419. The summed E-state index contributed by atoms with van der Waals surface area (Å²) in [6.07, 6.45) is 7.43. The van der Waals surface area contributed by atoms with E-state index in [1.807, 2.05) is 18.3 Å². The molecule has 0 amide bonds. The summed E-state index contributed by atoms with van der Waals surface area (Å²) >= 11 is 0. The molecule has 3 rings (SSSR count). The van der Waals surface area contributed by atoms with Crippen LogP contribution >= 0.6 is 0 Å². The molecule has 0 bridgehead atoms. The number of Topliss-reactive ketones (excluding diaryl/α,β-unsaturated/α-hetero) is 1. The van der Waals surface area contributed by atoms with E-state index in [1.54, 1.807) is 6.92 Å². The molecular weight excluding hydrogens is 402 g/mol. The molecule has 0 aromatic heterocycles. The molecule has 0 aliphatic heterocycles. The van der Waals surface area contributed by atoms with E-state index in [0.717, 1.165) is 23.3 Å². The van der Waals surface area contributed by atoms with Crippen LogP contribution in [-0.4, -0.2) is 11.5 Å². The maximum absolute atomic E-state index is 12.1. The van der Waals surface area contributed by atoms with Crippen molar-refractivity contribution in [1.82, 2.24) is 0 Å². The molecule has 1 atom stereocenters. The normalized spacial score (nSPS) is 16.6. The number of carbonyl (C=O) groups excluding carboxylic acids is 1. The molecule has 0 saturated heterocycles. The Morgan fingerprint density at radius 2 is 1.82 bits per heavy atom. The molecule has 174 valence electrons. The van der Waals surface area contributed by atoms with Gasteiger partial charge in [0, 0.05) is 23.4 Å². The molecule has 1 fully saturated rings. The van der Waals surface area contributed by atoms with Crippen molar-refractivity contribution >= 4 is 17.1 Å². The van der Waals surface area contributed by atoms with Gasteiger partial charge >= 0.3 is 0 Å². The molecule has 0 N–H and O–H groups in total. The average molecular weight is 442 g/mol. The first-order chi connectivity index (χ1) is 15.6. The van der Waals surface area contributed by atoms with Crippen LogP contribution in [0.4, 0.5) is 0 Å². The van der Waals surface area contributed by atoms with Crippen LogP contribution in [0.5, 0.6) is 0 Å². The van der Waals surface area contributed by atoms with Gasteiger partial charge in [0.2, 0.25) is 0 Å². The van der Waals surface area contributed by atoms with Crippen molar-refractivity contribution in [1.29, 1.82) is 0 Å². The van der Waals surface area contributed by atoms with Gasteiger partial charge in [-0.3, -0.25) is 9.79 Å². The standard InChI is InChI=1S/C31H39NO/c1-9-25(28-17-26(20(3)4)12-11-21(28)5)19-32-23(7)22(6)29-18-27(24(8)33)13-14-30(29)31(10-2)15-16-31/h9,11-14,17-20,22H,1,10,15-16H2,2-8H3/b25-19+,32-23+. The number of aliphatic imine (C=N–C) groups is 1. The number of nitrogens with zero attached hydrogens (tertiary/aromatic N) is 1. The summed E-state index contributed by atoms with van der Waals surface area (Å²) in [5, 5.41) is 0. The lowest BCUT2D eigenvalue weighted by molar-refractivity contribution is 0.101. The highest BCUT2D eigenvalue weighted by Gasteiger charge is 2.44. The quantitative estimate of drug-likeness (QED) is 0.218. The zero-order valence-corrected chi connectivity index (χ0v) is 21.5. The Labute approximate surface area is 200 Å². The summed E-state index contributed by atoms with van der Waals surface area (Å²) in [5.74, 6) is 0.718. The predicted octanol–water partition coefficient (Wildman–Crippen LogP) is 8.55. The van der Waals surface area contributed by atoms with E-state index in [1.165, 1.54) is 40.7 Å². The number of ketones is 1. The molecule has 0 heterocycles. The van der Waals surface area contributed by atoms with Crippen molar-refractivity contribution in [3.05, 3.63) is 88.6 Å². The third-order valence-electron chi connectivity index (χ3n) is 7.52. The van der Waals surface area contributed by atoms with Gasteiger partial charge in [0.25, 0.3) is 0 Å². The molecule has 2 heteroatoms. The molecule has 2 aromatic rings. The zero-order valence-electron chi connectivity index (χ0n) is 21.5. The van der Waals surface area contributed by atoms with Gasteiger partial charge < -0.3 is 0 Å². The second-order valence-electron chi connectivity index (χ2n) is 10.0. The Balaban J connectivity index is 2.01. The highest BCUT2D eigenvalue weighted by Crippen LogP contribution is 2.53. The number of benzene rings is 2. The van der Waals surface area contributed by atoms with Crippen molar-refractivity contribution < 1.29 is 4.79 Å². The lowest BCUT2D eigenvalue weighted by atomic mass is 9.82. The minimum atomic E-state index is 0.111. The van der Waals surface area contributed by atoms with E-state index in [0.29, 0.717) is 5.92 Å². The molecule has 1 aliphatic rings. The van der Waals surface area contributed by atoms with Crippen molar-refractivity contribution in [3.63, 3.8) is 0 Å². The zero-order chi connectivity index (χ0) is 24.3. The van der Waals surface area contributed by atoms with E-state index in [9.17, 15) is 4.79 Å². The van der Waals surface area contributed by atoms with Crippen LogP contribution < -0.4 is 0 Å². The van der Waals surface area contributed by atoms with Gasteiger partial charge in [-0.05, 0) is 90.8 Å². The molecule has 0 spiro atoms. The third-order valence-corrected chi connectivity index (χ3v) is 7.52. The maximum Gasteiger partial charge on any atom is 0.159 e. The molecule has 1 aliphatic carbocycles. The van der Waals surface area contributed by atoms with Crippen molar-refractivity contribution in [2.75, 3.05) is 0 Å². The van der Waals surface area contributed by atoms with Crippen molar-refractivity contribution in [3.8, 4) is 0 Å². The van der Waals surface area contributed by atoms with Gasteiger partial charge in [0.05, 0.1) is 0 Å². The van der Waals surface area contributed by atoms with Crippen LogP contribution in [-0.2, 0) is 5.41 Å². The Bertz CT molecular complexity index is 1110. The summed E-state index contributed by atoms with van der Waals surface area (Å²) in [6, 6.07) is 12.9. The van der Waals surface area contributed by atoms with Gasteiger partial charge in [0.1, 0.15) is 0 Å². The number of hydrogen-bond donors (Lipinski definition) is 0. The van der Waals surface area contributed by atoms with Crippen LogP contribution in [0.3, 0.4) is 0 Å². The molecule has 2 aromatic carbocycles. The molecule has 33 heavy (non-hydrogen) atoms. The highest BCUT2D eigenvalue weighted by molar-refractivity contribution is 5.96. The van der Waals surface area contributed by atoms with Gasteiger partial charge in [-0.25, -0.2) is 0 Å². The molecule has 1 unspecified atom stereocenters. The summed E-state index contributed by atoms with van der Waals surface area (Å²) in [7, 11) is 0. The highest BCUT2D eigenvalue weighted by atomic mass is 16.1. The van der Waals surface area contributed by atoms with E-state index in [4.69, 9.17) is 4.99 Å². The van der Waals surface area contributed by atoms with E-state index >= 15 is 0 Å². The summed E-state index contributed by atoms with van der Waals surface area (Å²) in [4.78, 5) is 17.0. The van der Waals surface area contributed by atoms with Crippen LogP contribution in [0.25, 0.3) is 5.57 Å². The fourth-order valence-corrected chi connectivity index (χ4v) is 4.64. The van der Waals surface area contributed by atoms with Crippen LogP contribution in [0.2, 0.25) is 0 Å². The van der Waals surface area contributed by atoms with Crippen molar-refractivity contribution in [2.24, 2.45) is 4.99 Å². The lowest BCUT2D eigenvalue weighted by Gasteiger charge is -2.23. The second-order valence-corrected chi connectivity index (χ2v) is 10.0. The molecular formula is C31H39NO. The van der Waals surface area contributed by atoms with Gasteiger partial charge in [-0.2, -0.15) is 0 Å². The molecule has 1 saturated carbocycles. The Hall–Kier alpha value is -2.74. The van der Waals surface area contributed by atoms with Gasteiger partial charge in [-0.1, -0.05) is 70.7 Å². The maximum atomic E-state index is 12.1. The monoisotopic (exact) mass is 441 g/mol. The summed E-state index contributed by atoms with van der Waals surface area (Å²) in [6.45, 7) is 18.8. The summed E-state index contributed by atoms with van der Waals surface area (Å²) in [5.41, 5.74) is 9.49. The SMILES string of the molecule is C=C/C(=C\N=C(/C)C(C)c1cc(C(C)=O)ccc1C1(CC)CC1)c1cc(C(C)C)ccc1C. The first-order valence-corrected chi connectivity index (χ1v) is 12.3. The Morgan fingerprint density at radius 3 is 2.36 bits per heavy atom. The van der Waals surface area contributed by atoms with Crippen LogP contribution in [0, 0.1) is 6.92 Å². The van der Waals surface area contributed by atoms with E-state index in [2.05, 4.69) is 78.5 Å². The molecule has 0 radical (unpaired) electrons. The first kappa shape index (κ1) is 24.9. The van der Waals surface area contributed by atoms with E-state index < -0.39 is 0 Å². The fourth-order valence-electron chi connectivity index (χ4n) is 4.64. The minimum absolute atomic E-state index is 0.111. The number of rotatable bonds is 9. The van der Waals surface area contributed by atoms with E-state index in [-0.39, 0.29) is 17.1 Å². The Kier molecular flexibility index (Phi) is 7.57. The number of allylic oxidation sites excluding steroid dienone is 2. The number of hydrogen-bond acceptors (Lipinski definition) is 2. The van der Waals surface area contributed by atoms with Crippen molar-refractivity contribution in [2.45, 2.75) is 85.0 Å². The van der Waals surface area contributed by atoms with Gasteiger partial charge in [0.15, 0.2) is 5.78 Å². The average Bonchev–Trinajstić information content (AvgIpc) is 3.60. The minimum Gasteiger partial charge on any atom is -0.295 e.